The normalized spacial score (nSPS) is 14.2. The molecule has 2 aromatic rings. The van der Waals surface area contributed by atoms with Crippen LogP contribution >= 0.6 is 0 Å². The van der Waals surface area contributed by atoms with E-state index in [1.165, 1.54) is 0 Å². The lowest BCUT2D eigenvalue weighted by Crippen LogP contribution is -2.42. The van der Waals surface area contributed by atoms with Gasteiger partial charge < -0.3 is 19.3 Å². The first kappa shape index (κ1) is 20.5. The van der Waals surface area contributed by atoms with E-state index in [-0.39, 0.29) is 11.8 Å². The highest BCUT2D eigenvalue weighted by Gasteiger charge is 2.27. The van der Waals surface area contributed by atoms with Crippen molar-refractivity contribution in [1.29, 1.82) is 5.26 Å². The standard InChI is InChI=1S/C22H26N4O3/c1-25(13-14-29-20-6-4-19(28-2)5-7-20)22(27)18-9-11-26(12-10-18)21-8-3-17(15-23)16-24-21/h3-8,16,18H,9-14H2,1-2H3. The summed E-state index contributed by atoms with van der Waals surface area (Å²) in [6, 6.07) is 13.1. The average molecular weight is 394 g/mol. The number of methoxy groups -OCH3 is 1. The molecular weight excluding hydrogens is 368 g/mol. The van der Waals surface area contributed by atoms with Gasteiger partial charge in [-0.2, -0.15) is 5.26 Å². The topological polar surface area (TPSA) is 78.7 Å². The summed E-state index contributed by atoms with van der Waals surface area (Å²) in [5, 5.41) is 8.87. The summed E-state index contributed by atoms with van der Waals surface area (Å²) >= 11 is 0. The van der Waals surface area contributed by atoms with Crippen LogP contribution < -0.4 is 14.4 Å². The third-order valence-electron chi connectivity index (χ3n) is 5.18. The third-order valence-corrected chi connectivity index (χ3v) is 5.18. The molecule has 1 aliphatic rings. The van der Waals surface area contributed by atoms with Gasteiger partial charge in [-0.3, -0.25) is 4.79 Å². The van der Waals surface area contributed by atoms with Crippen LogP contribution in [0, 0.1) is 17.2 Å². The Morgan fingerprint density at radius 2 is 1.90 bits per heavy atom. The van der Waals surface area contributed by atoms with E-state index in [2.05, 4.69) is 16.0 Å². The number of anilines is 1. The molecule has 0 saturated carbocycles. The molecule has 0 aliphatic carbocycles. The number of likely N-dealkylation sites (N-methyl/N-ethyl adjacent to an activating group) is 1. The molecule has 0 radical (unpaired) electrons. The van der Waals surface area contributed by atoms with Crippen molar-refractivity contribution < 1.29 is 14.3 Å². The number of piperidine rings is 1. The van der Waals surface area contributed by atoms with Crippen molar-refractivity contribution in [3.8, 4) is 17.6 Å². The van der Waals surface area contributed by atoms with Gasteiger partial charge in [0.1, 0.15) is 30.0 Å². The monoisotopic (exact) mass is 394 g/mol. The fourth-order valence-electron chi connectivity index (χ4n) is 3.39. The van der Waals surface area contributed by atoms with Gasteiger partial charge in [0, 0.05) is 32.3 Å². The lowest BCUT2D eigenvalue weighted by molar-refractivity contribution is -0.135. The van der Waals surface area contributed by atoms with Crippen molar-refractivity contribution in [3.63, 3.8) is 0 Å². The van der Waals surface area contributed by atoms with Gasteiger partial charge in [0.05, 0.1) is 19.2 Å². The fourth-order valence-corrected chi connectivity index (χ4v) is 3.39. The molecule has 29 heavy (non-hydrogen) atoms. The van der Waals surface area contributed by atoms with Crippen LogP contribution in [-0.4, -0.2) is 56.2 Å². The molecule has 0 spiro atoms. The maximum atomic E-state index is 12.7. The molecule has 0 N–H and O–H groups in total. The maximum absolute atomic E-state index is 12.7. The number of carbonyl (C=O) groups is 1. The van der Waals surface area contributed by atoms with Crippen LogP contribution in [0.1, 0.15) is 18.4 Å². The highest BCUT2D eigenvalue weighted by molar-refractivity contribution is 5.79. The largest absolute Gasteiger partial charge is 0.497 e. The number of hydrogen-bond donors (Lipinski definition) is 0. The van der Waals surface area contributed by atoms with Gasteiger partial charge in [0.25, 0.3) is 0 Å². The highest BCUT2D eigenvalue weighted by Crippen LogP contribution is 2.23. The summed E-state index contributed by atoms with van der Waals surface area (Å²) in [6.45, 7) is 2.56. The molecule has 7 nitrogen and oxygen atoms in total. The van der Waals surface area contributed by atoms with E-state index in [0.717, 1.165) is 43.2 Å². The van der Waals surface area contributed by atoms with Crippen LogP contribution in [0.5, 0.6) is 11.5 Å². The molecule has 1 amide bonds. The predicted molar refractivity (Wildman–Crippen MR) is 110 cm³/mol. The minimum absolute atomic E-state index is 0.0237. The molecule has 0 atom stereocenters. The number of carbonyl (C=O) groups excluding carboxylic acids is 1. The van der Waals surface area contributed by atoms with Gasteiger partial charge >= 0.3 is 0 Å². The van der Waals surface area contributed by atoms with Crippen LogP contribution in [0.2, 0.25) is 0 Å². The quantitative estimate of drug-likeness (QED) is 0.719. The van der Waals surface area contributed by atoms with E-state index in [0.29, 0.717) is 18.7 Å². The van der Waals surface area contributed by atoms with Crippen molar-refractivity contribution in [3.05, 3.63) is 48.2 Å². The second kappa shape index (κ2) is 9.78. The zero-order valence-corrected chi connectivity index (χ0v) is 16.9. The predicted octanol–water partition coefficient (Wildman–Crippen LogP) is 2.72. The first-order valence-corrected chi connectivity index (χ1v) is 9.73. The molecular formula is C22H26N4O3. The number of nitriles is 1. The lowest BCUT2D eigenvalue weighted by Gasteiger charge is -2.33. The number of ether oxygens (including phenoxy) is 2. The molecule has 3 rings (SSSR count). The van der Waals surface area contributed by atoms with Gasteiger partial charge in [-0.1, -0.05) is 0 Å². The molecule has 2 heterocycles. The van der Waals surface area contributed by atoms with E-state index < -0.39 is 0 Å². The molecule has 1 saturated heterocycles. The van der Waals surface area contributed by atoms with E-state index in [1.807, 2.05) is 37.4 Å². The minimum Gasteiger partial charge on any atom is -0.497 e. The van der Waals surface area contributed by atoms with E-state index in [4.69, 9.17) is 14.7 Å². The van der Waals surface area contributed by atoms with Crippen LogP contribution in [0.15, 0.2) is 42.6 Å². The maximum Gasteiger partial charge on any atom is 0.225 e. The number of amides is 1. The molecule has 1 fully saturated rings. The van der Waals surface area contributed by atoms with Crippen molar-refractivity contribution in [2.45, 2.75) is 12.8 Å². The lowest BCUT2D eigenvalue weighted by atomic mass is 9.95. The smallest absolute Gasteiger partial charge is 0.225 e. The van der Waals surface area contributed by atoms with Gasteiger partial charge in [-0.05, 0) is 49.2 Å². The summed E-state index contributed by atoms with van der Waals surface area (Å²) < 4.78 is 10.8. The van der Waals surface area contributed by atoms with Crippen LogP contribution in [0.4, 0.5) is 5.82 Å². The Morgan fingerprint density at radius 1 is 1.21 bits per heavy atom. The molecule has 1 aromatic carbocycles. The minimum atomic E-state index is 0.0237. The summed E-state index contributed by atoms with van der Waals surface area (Å²) in [7, 11) is 3.45. The van der Waals surface area contributed by atoms with Crippen LogP contribution in [0.25, 0.3) is 0 Å². The Morgan fingerprint density at radius 3 is 2.48 bits per heavy atom. The van der Waals surface area contributed by atoms with E-state index >= 15 is 0 Å². The first-order valence-electron chi connectivity index (χ1n) is 9.73. The van der Waals surface area contributed by atoms with Gasteiger partial charge in [0.2, 0.25) is 5.91 Å². The Hall–Kier alpha value is -3.27. The SMILES string of the molecule is COc1ccc(OCCN(C)C(=O)C2CCN(c3ccc(C#N)cn3)CC2)cc1. The first-order chi connectivity index (χ1) is 14.1. The molecule has 1 aromatic heterocycles. The highest BCUT2D eigenvalue weighted by atomic mass is 16.5. The van der Waals surface area contributed by atoms with Crippen LogP contribution in [-0.2, 0) is 4.79 Å². The summed E-state index contributed by atoms with van der Waals surface area (Å²) in [6.07, 6.45) is 3.18. The van der Waals surface area contributed by atoms with Gasteiger partial charge in [-0.25, -0.2) is 4.98 Å². The van der Waals surface area contributed by atoms with Crippen molar-refractivity contribution in [1.82, 2.24) is 9.88 Å². The second-order valence-electron chi connectivity index (χ2n) is 7.06. The van der Waals surface area contributed by atoms with Gasteiger partial charge in [-0.15, -0.1) is 0 Å². The average Bonchev–Trinajstić information content (AvgIpc) is 2.79. The van der Waals surface area contributed by atoms with E-state index in [1.54, 1.807) is 24.3 Å². The van der Waals surface area contributed by atoms with Crippen molar-refractivity contribution >= 4 is 11.7 Å². The van der Waals surface area contributed by atoms with Crippen molar-refractivity contribution in [2.24, 2.45) is 5.92 Å². The number of aromatic nitrogens is 1. The number of pyridine rings is 1. The Kier molecular flexibility index (Phi) is 6.90. The van der Waals surface area contributed by atoms with E-state index in [9.17, 15) is 4.79 Å². The van der Waals surface area contributed by atoms with Crippen LogP contribution in [0.3, 0.4) is 0 Å². The van der Waals surface area contributed by atoms with Crippen molar-refractivity contribution in [2.75, 3.05) is 45.3 Å². The number of hydrogen-bond acceptors (Lipinski definition) is 6. The summed E-state index contributed by atoms with van der Waals surface area (Å²) in [5.41, 5.74) is 0.553. The fraction of sp³-hybridized carbons (Fsp3) is 0.409. The Balaban J connectivity index is 1.42. The summed E-state index contributed by atoms with van der Waals surface area (Å²) in [4.78, 5) is 21.0. The zero-order chi connectivity index (χ0) is 20.6. The second-order valence-corrected chi connectivity index (χ2v) is 7.06. The molecule has 1 aliphatic heterocycles. The molecule has 0 unspecified atom stereocenters. The Labute approximate surface area is 171 Å². The third kappa shape index (κ3) is 5.38. The Bertz CT molecular complexity index is 838. The zero-order valence-electron chi connectivity index (χ0n) is 16.9. The molecule has 7 heteroatoms. The number of benzene rings is 1. The van der Waals surface area contributed by atoms with Gasteiger partial charge in [0.15, 0.2) is 0 Å². The molecule has 0 bridgehead atoms. The molecule has 152 valence electrons. The summed E-state index contributed by atoms with van der Waals surface area (Å²) in [5.74, 6) is 2.59. The number of nitrogens with zero attached hydrogens (tertiary/aromatic N) is 4. The number of rotatable bonds is 7.